The summed E-state index contributed by atoms with van der Waals surface area (Å²) in [6, 6.07) is 0. The second-order valence-corrected chi connectivity index (χ2v) is 7.25. The van der Waals surface area contributed by atoms with Crippen molar-refractivity contribution in [2.24, 2.45) is 17.3 Å². The highest BCUT2D eigenvalue weighted by atomic mass is 16.4. The number of carbonyl (C=O) groups is 2. The smallest absolute Gasteiger partial charge is 0.311 e. The van der Waals surface area contributed by atoms with Crippen LogP contribution in [0.1, 0.15) is 65.2 Å². The summed E-state index contributed by atoms with van der Waals surface area (Å²) in [7, 11) is 0. The van der Waals surface area contributed by atoms with Crippen LogP contribution in [0.5, 0.6) is 0 Å². The molecular weight excluding hydrogens is 266 g/mol. The standard InChI is InChI=1S/C17H29NO3/c1-3-6-14(11-13-7-4-5-8-13)15(19)18-10-9-17(2,12-18)16(20)21/h13-14H,3-12H2,1-2H3,(H,20,21). The van der Waals surface area contributed by atoms with Crippen molar-refractivity contribution in [1.29, 1.82) is 0 Å². The van der Waals surface area contributed by atoms with Gasteiger partial charge in [0.2, 0.25) is 5.91 Å². The minimum absolute atomic E-state index is 0.106. The number of carboxylic acid groups (broad SMARTS) is 1. The van der Waals surface area contributed by atoms with Crippen molar-refractivity contribution in [3.63, 3.8) is 0 Å². The molecular formula is C17H29NO3. The summed E-state index contributed by atoms with van der Waals surface area (Å²) in [5, 5.41) is 9.31. The van der Waals surface area contributed by atoms with Crippen molar-refractivity contribution in [2.45, 2.75) is 65.2 Å². The van der Waals surface area contributed by atoms with E-state index in [2.05, 4.69) is 6.92 Å². The van der Waals surface area contributed by atoms with Crippen LogP contribution in [0.3, 0.4) is 0 Å². The lowest BCUT2D eigenvalue weighted by Crippen LogP contribution is -2.38. The Morgan fingerprint density at radius 3 is 2.52 bits per heavy atom. The lowest BCUT2D eigenvalue weighted by molar-refractivity contribution is -0.147. The van der Waals surface area contributed by atoms with Crippen molar-refractivity contribution in [3.8, 4) is 0 Å². The SMILES string of the molecule is CCCC(CC1CCCC1)C(=O)N1CCC(C)(C(=O)O)C1. The third-order valence-electron chi connectivity index (χ3n) is 5.38. The Hall–Kier alpha value is -1.06. The Bertz CT molecular complexity index is 389. The first-order chi connectivity index (χ1) is 9.96. The zero-order valence-corrected chi connectivity index (χ0v) is 13.4. The summed E-state index contributed by atoms with van der Waals surface area (Å²) in [4.78, 5) is 25.9. The fourth-order valence-electron chi connectivity index (χ4n) is 3.92. The molecule has 2 rings (SSSR count). The number of carbonyl (C=O) groups excluding carboxylic acids is 1. The molecule has 1 amide bonds. The van der Waals surface area contributed by atoms with E-state index < -0.39 is 11.4 Å². The fraction of sp³-hybridized carbons (Fsp3) is 0.882. The minimum Gasteiger partial charge on any atom is -0.481 e. The van der Waals surface area contributed by atoms with Gasteiger partial charge < -0.3 is 10.0 Å². The maximum absolute atomic E-state index is 12.8. The number of hydrogen-bond donors (Lipinski definition) is 1. The quantitative estimate of drug-likeness (QED) is 0.818. The van der Waals surface area contributed by atoms with Crippen molar-refractivity contribution in [3.05, 3.63) is 0 Å². The van der Waals surface area contributed by atoms with Crippen LogP contribution >= 0.6 is 0 Å². The molecule has 1 N–H and O–H groups in total. The molecule has 0 radical (unpaired) electrons. The minimum atomic E-state index is -0.777. The highest BCUT2D eigenvalue weighted by Gasteiger charge is 2.43. The molecule has 1 saturated heterocycles. The average Bonchev–Trinajstić information content (AvgIpc) is 3.08. The second-order valence-electron chi connectivity index (χ2n) is 7.25. The largest absolute Gasteiger partial charge is 0.481 e. The summed E-state index contributed by atoms with van der Waals surface area (Å²) in [6.07, 6.45) is 8.68. The molecule has 0 bridgehead atoms. The topological polar surface area (TPSA) is 57.6 Å². The third-order valence-corrected chi connectivity index (χ3v) is 5.38. The Balaban J connectivity index is 1.96. The highest BCUT2D eigenvalue weighted by Crippen LogP contribution is 2.35. The van der Waals surface area contributed by atoms with E-state index in [1.54, 1.807) is 6.92 Å². The first-order valence-electron chi connectivity index (χ1n) is 8.48. The molecule has 120 valence electrons. The lowest BCUT2D eigenvalue weighted by Gasteiger charge is -2.26. The van der Waals surface area contributed by atoms with Crippen molar-refractivity contribution in [2.75, 3.05) is 13.1 Å². The molecule has 4 heteroatoms. The van der Waals surface area contributed by atoms with Gasteiger partial charge in [0.05, 0.1) is 5.41 Å². The molecule has 0 aromatic rings. The van der Waals surface area contributed by atoms with Gasteiger partial charge in [0, 0.05) is 19.0 Å². The fourth-order valence-corrected chi connectivity index (χ4v) is 3.92. The molecule has 2 unspecified atom stereocenters. The zero-order chi connectivity index (χ0) is 15.5. The predicted octanol–water partition coefficient (Wildman–Crippen LogP) is 3.31. The van der Waals surface area contributed by atoms with Gasteiger partial charge in [-0.15, -0.1) is 0 Å². The van der Waals surface area contributed by atoms with Gasteiger partial charge in [-0.1, -0.05) is 39.0 Å². The average molecular weight is 295 g/mol. The lowest BCUT2D eigenvalue weighted by atomic mass is 9.88. The normalized spacial score (nSPS) is 28.0. The number of hydrogen-bond acceptors (Lipinski definition) is 2. The van der Waals surface area contributed by atoms with Crippen LogP contribution in [0.25, 0.3) is 0 Å². The molecule has 1 aliphatic heterocycles. The van der Waals surface area contributed by atoms with E-state index >= 15 is 0 Å². The molecule has 1 heterocycles. The number of amides is 1. The number of nitrogens with zero attached hydrogens (tertiary/aromatic N) is 1. The van der Waals surface area contributed by atoms with Crippen LogP contribution in [0.4, 0.5) is 0 Å². The van der Waals surface area contributed by atoms with Crippen molar-refractivity contribution < 1.29 is 14.7 Å². The monoisotopic (exact) mass is 295 g/mol. The Labute approximate surface area is 127 Å². The molecule has 21 heavy (non-hydrogen) atoms. The zero-order valence-electron chi connectivity index (χ0n) is 13.4. The molecule has 2 atom stereocenters. The summed E-state index contributed by atoms with van der Waals surface area (Å²) in [5.41, 5.74) is -0.750. The predicted molar refractivity (Wildman–Crippen MR) is 81.9 cm³/mol. The molecule has 2 aliphatic rings. The van der Waals surface area contributed by atoms with Crippen molar-refractivity contribution >= 4 is 11.9 Å². The molecule has 0 spiro atoms. The van der Waals surface area contributed by atoms with Crippen LogP contribution in [0.2, 0.25) is 0 Å². The van der Waals surface area contributed by atoms with Gasteiger partial charge in [-0.2, -0.15) is 0 Å². The van der Waals surface area contributed by atoms with Crippen LogP contribution < -0.4 is 0 Å². The molecule has 4 nitrogen and oxygen atoms in total. The summed E-state index contributed by atoms with van der Waals surface area (Å²) < 4.78 is 0. The number of carboxylic acids is 1. The van der Waals surface area contributed by atoms with E-state index in [0.29, 0.717) is 25.4 Å². The maximum atomic E-state index is 12.8. The molecule has 2 fully saturated rings. The number of likely N-dealkylation sites (tertiary alicyclic amines) is 1. The van der Waals surface area contributed by atoms with Gasteiger partial charge in [0.1, 0.15) is 0 Å². The number of rotatable bonds is 6. The van der Waals surface area contributed by atoms with Crippen LogP contribution in [0.15, 0.2) is 0 Å². The van der Waals surface area contributed by atoms with E-state index in [-0.39, 0.29) is 11.8 Å². The summed E-state index contributed by atoms with van der Waals surface area (Å²) in [5.74, 6) is 0.238. The molecule has 0 aromatic heterocycles. The Morgan fingerprint density at radius 2 is 2.00 bits per heavy atom. The molecule has 1 aliphatic carbocycles. The van der Waals surface area contributed by atoms with E-state index in [1.807, 2.05) is 4.90 Å². The van der Waals surface area contributed by atoms with Crippen LogP contribution in [0, 0.1) is 17.3 Å². The Morgan fingerprint density at radius 1 is 1.33 bits per heavy atom. The van der Waals surface area contributed by atoms with E-state index in [0.717, 1.165) is 19.3 Å². The maximum Gasteiger partial charge on any atom is 0.311 e. The molecule has 1 saturated carbocycles. The van der Waals surface area contributed by atoms with Crippen LogP contribution in [-0.2, 0) is 9.59 Å². The van der Waals surface area contributed by atoms with Gasteiger partial charge in [0.15, 0.2) is 0 Å². The first kappa shape index (κ1) is 16.3. The number of aliphatic carboxylic acids is 1. The van der Waals surface area contributed by atoms with E-state index in [9.17, 15) is 14.7 Å². The van der Waals surface area contributed by atoms with E-state index in [1.165, 1.54) is 25.7 Å². The van der Waals surface area contributed by atoms with Gasteiger partial charge in [-0.3, -0.25) is 9.59 Å². The van der Waals surface area contributed by atoms with Crippen LogP contribution in [-0.4, -0.2) is 35.0 Å². The highest BCUT2D eigenvalue weighted by molar-refractivity contribution is 5.82. The van der Waals surface area contributed by atoms with Gasteiger partial charge >= 0.3 is 5.97 Å². The summed E-state index contributed by atoms with van der Waals surface area (Å²) >= 11 is 0. The first-order valence-corrected chi connectivity index (χ1v) is 8.48. The second kappa shape index (κ2) is 6.80. The summed E-state index contributed by atoms with van der Waals surface area (Å²) in [6.45, 7) is 4.87. The van der Waals surface area contributed by atoms with Gasteiger partial charge in [0.25, 0.3) is 0 Å². The van der Waals surface area contributed by atoms with Gasteiger partial charge in [-0.25, -0.2) is 0 Å². The Kier molecular flexibility index (Phi) is 5.28. The van der Waals surface area contributed by atoms with Gasteiger partial charge in [-0.05, 0) is 32.1 Å². The third kappa shape index (κ3) is 3.78. The van der Waals surface area contributed by atoms with E-state index in [4.69, 9.17) is 0 Å². The molecule has 0 aromatic carbocycles. The van der Waals surface area contributed by atoms with Crippen molar-refractivity contribution in [1.82, 2.24) is 4.90 Å².